The summed E-state index contributed by atoms with van der Waals surface area (Å²) < 4.78 is 0. The first-order chi connectivity index (χ1) is 5.54. The highest BCUT2D eigenvalue weighted by molar-refractivity contribution is 4.86. The highest BCUT2D eigenvalue weighted by atomic mass is 16.4. The Hall–Kier alpha value is -0.240. The molecule has 8 N–H and O–H groups in total. The van der Waals surface area contributed by atoms with Crippen molar-refractivity contribution in [1.82, 2.24) is 0 Å². The van der Waals surface area contributed by atoms with Crippen LogP contribution in [0.15, 0.2) is 0 Å². The largest absolute Gasteiger partial charge is 0.395 e. The Balaban J connectivity index is 3.99. The first-order valence-corrected chi connectivity index (χ1v) is 3.63. The van der Waals surface area contributed by atoms with Gasteiger partial charge in [-0.3, -0.25) is 0 Å². The van der Waals surface area contributed by atoms with E-state index in [1.54, 1.807) is 0 Å². The molecule has 0 heterocycles. The fourth-order valence-electron chi connectivity index (χ4n) is 0.739. The molecule has 12 heavy (non-hydrogen) atoms. The molecule has 4 atom stereocenters. The molecular formula is C6H16N2O4. The van der Waals surface area contributed by atoms with Crippen LogP contribution in [-0.2, 0) is 0 Å². The normalized spacial score (nSPS) is 21.5. The minimum absolute atomic E-state index is 0.379. The van der Waals surface area contributed by atoms with E-state index in [1.807, 2.05) is 0 Å². The van der Waals surface area contributed by atoms with Crippen molar-refractivity contribution in [3.05, 3.63) is 0 Å². The standard InChI is InChI=1S/C6H16N2O4/c7-3(1-9)5(8)6(12)4(11)2-10/h3-6,9-12H,1-2,7-8H2/t3-,4+,5+,6-/m0/s1. The van der Waals surface area contributed by atoms with E-state index in [1.165, 1.54) is 0 Å². The van der Waals surface area contributed by atoms with Gasteiger partial charge in [-0.05, 0) is 0 Å². The molecule has 0 rings (SSSR count). The van der Waals surface area contributed by atoms with E-state index < -0.39 is 30.9 Å². The Morgan fingerprint density at radius 1 is 1.00 bits per heavy atom. The van der Waals surface area contributed by atoms with E-state index in [-0.39, 0.29) is 6.61 Å². The monoisotopic (exact) mass is 180 g/mol. The summed E-state index contributed by atoms with van der Waals surface area (Å²) in [4.78, 5) is 0. The van der Waals surface area contributed by atoms with Crippen LogP contribution in [0.4, 0.5) is 0 Å². The van der Waals surface area contributed by atoms with Crippen LogP contribution in [0.2, 0.25) is 0 Å². The predicted octanol–water partition coefficient (Wildman–Crippen LogP) is -3.65. The zero-order chi connectivity index (χ0) is 9.72. The maximum atomic E-state index is 9.16. The Morgan fingerprint density at radius 2 is 1.50 bits per heavy atom. The van der Waals surface area contributed by atoms with Gasteiger partial charge in [-0.2, -0.15) is 0 Å². The molecule has 0 aliphatic carbocycles. The molecule has 0 fully saturated rings. The summed E-state index contributed by atoms with van der Waals surface area (Å²) in [6, 6.07) is -1.75. The van der Waals surface area contributed by atoms with Crippen LogP contribution in [0.25, 0.3) is 0 Å². The topological polar surface area (TPSA) is 133 Å². The van der Waals surface area contributed by atoms with Gasteiger partial charge in [0, 0.05) is 6.04 Å². The second-order valence-corrected chi connectivity index (χ2v) is 2.66. The molecule has 6 nitrogen and oxygen atoms in total. The van der Waals surface area contributed by atoms with E-state index >= 15 is 0 Å². The summed E-state index contributed by atoms with van der Waals surface area (Å²) in [5.74, 6) is 0. The van der Waals surface area contributed by atoms with Gasteiger partial charge in [0.1, 0.15) is 6.10 Å². The number of hydrogen-bond acceptors (Lipinski definition) is 6. The lowest BCUT2D eigenvalue weighted by atomic mass is 10.0. The highest BCUT2D eigenvalue weighted by Crippen LogP contribution is 2.00. The van der Waals surface area contributed by atoms with E-state index in [0.29, 0.717) is 0 Å². The zero-order valence-electron chi connectivity index (χ0n) is 6.67. The summed E-state index contributed by atoms with van der Waals surface area (Å²) in [5.41, 5.74) is 10.6. The second kappa shape index (κ2) is 5.41. The maximum Gasteiger partial charge on any atom is 0.104 e. The summed E-state index contributed by atoms with van der Waals surface area (Å²) in [6.07, 6.45) is -2.64. The van der Waals surface area contributed by atoms with Crippen LogP contribution in [0.3, 0.4) is 0 Å². The lowest BCUT2D eigenvalue weighted by Gasteiger charge is -2.25. The second-order valence-electron chi connectivity index (χ2n) is 2.66. The van der Waals surface area contributed by atoms with Gasteiger partial charge in [-0.1, -0.05) is 0 Å². The van der Waals surface area contributed by atoms with Gasteiger partial charge in [-0.15, -0.1) is 0 Å². The minimum Gasteiger partial charge on any atom is -0.395 e. The molecule has 6 heteroatoms. The van der Waals surface area contributed by atoms with Gasteiger partial charge in [-0.25, -0.2) is 0 Å². The van der Waals surface area contributed by atoms with Crippen LogP contribution >= 0.6 is 0 Å². The van der Waals surface area contributed by atoms with Crippen LogP contribution < -0.4 is 11.5 Å². The summed E-state index contributed by atoms with van der Waals surface area (Å²) in [7, 11) is 0. The summed E-state index contributed by atoms with van der Waals surface area (Å²) in [6.45, 7) is -0.969. The first-order valence-electron chi connectivity index (χ1n) is 3.63. The van der Waals surface area contributed by atoms with Crippen molar-refractivity contribution in [2.24, 2.45) is 11.5 Å². The molecule has 0 amide bonds. The molecule has 0 aromatic carbocycles. The zero-order valence-corrected chi connectivity index (χ0v) is 6.67. The smallest absolute Gasteiger partial charge is 0.104 e. The Bertz CT molecular complexity index is 110. The van der Waals surface area contributed by atoms with Crippen molar-refractivity contribution >= 4 is 0 Å². The van der Waals surface area contributed by atoms with Crippen molar-refractivity contribution in [2.75, 3.05) is 13.2 Å². The van der Waals surface area contributed by atoms with E-state index in [2.05, 4.69) is 0 Å². The average Bonchev–Trinajstić information content (AvgIpc) is 2.12. The molecule has 0 aliphatic rings. The van der Waals surface area contributed by atoms with Gasteiger partial charge in [0.2, 0.25) is 0 Å². The highest BCUT2D eigenvalue weighted by Gasteiger charge is 2.26. The third-order valence-electron chi connectivity index (χ3n) is 1.68. The molecule has 0 radical (unpaired) electrons. The lowest BCUT2D eigenvalue weighted by molar-refractivity contribution is -0.0319. The lowest BCUT2D eigenvalue weighted by Crippen LogP contribution is -2.55. The molecule has 0 saturated heterocycles. The van der Waals surface area contributed by atoms with Gasteiger partial charge < -0.3 is 31.9 Å². The van der Waals surface area contributed by atoms with Crippen LogP contribution in [0.5, 0.6) is 0 Å². The number of aliphatic hydroxyl groups excluding tert-OH is 4. The Morgan fingerprint density at radius 3 is 1.83 bits per heavy atom. The fraction of sp³-hybridized carbons (Fsp3) is 1.00. The Labute approximate surface area is 70.4 Å². The maximum absolute atomic E-state index is 9.16. The van der Waals surface area contributed by atoms with Crippen molar-refractivity contribution in [3.8, 4) is 0 Å². The molecule has 0 saturated carbocycles. The fourth-order valence-corrected chi connectivity index (χ4v) is 0.739. The summed E-state index contributed by atoms with van der Waals surface area (Å²) >= 11 is 0. The van der Waals surface area contributed by atoms with E-state index in [9.17, 15) is 0 Å². The van der Waals surface area contributed by atoms with Crippen molar-refractivity contribution < 1.29 is 20.4 Å². The predicted molar refractivity (Wildman–Crippen MR) is 42.1 cm³/mol. The van der Waals surface area contributed by atoms with E-state index in [4.69, 9.17) is 31.9 Å². The molecular weight excluding hydrogens is 164 g/mol. The van der Waals surface area contributed by atoms with Crippen molar-refractivity contribution in [3.63, 3.8) is 0 Å². The average molecular weight is 180 g/mol. The molecule has 74 valence electrons. The SMILES string of the molecule is N[C@@H]([C@@H](O)[C@H](O)CO)[C@@H](N)CO. The molecule has 0 aromatic heterocycles. The van der Waals surface area contributed by atoms with Crippen LogP contribution in [0.1, 0.15) is 0 Å². The molecule has 0 spiro atoms. The first kappa shape index (κ1) is 11.8. The van der Waals surface area contributed by atoms with Gasteiger partial charge in [0.15, 0.2) is 0 Å². The summed E-state index contributed by atoms with van der Waals surface area (Å²) in [5, 5.41) is 35.1. The Kier molecular flexibility index (Phi) is 5.31. The number of rotatable bonds is 5. The van der Waals surface area contributed by atoms with Crippen molar-refractivity contribution in [1.29, 1.82) is 0 Å². The van der Waals surface area contributed by atoms with E-state index in [0.717, 1.165) is 0 Å². The third-order valence-corrected chi connectivity index (χ3v) is 1.68. The van der Waals surface area contributed by atoms with Gasteiger partial charge in [0.05, 0.1) is 25.4 Å². The molecule has 0 aliphatic heterocycles. The number of hydrogen-bond donors (Lipinski definition) is 6. The molecule has 0 unspecified atom stereocenters. The van der Waals surface area contributed by atoms with Crippen LogP contribution in [-0.4, -0.2) is 57.9 Å². The quantitative estimate of drug-likeness (QED) is 0.258. The third kappa shape index (κ3) is 3.02. The number of aliphatic hydroxyl groups is 4. The van der Waals surface area contributed by atoms with Crippen LogP contribution in [0, 0.1) is 0 Å². The number of nitrogens with two attached hydrogens (primary N) is 2. The molecule has 0 bridgehead atoms. The molecule has 0 aromatic rings. The van der Waals surface area contributed by atoms with Crippen molar-refractivity contribution in [2.45, 2.75) is 24.3 Å². The minimum atomic E-state index is -1.32. The van der Waals surface area contributed by atoms with Gasteiger partial charge >= 0.3 is 0 Å². The van der Waals surface area contributed by atoms with Gasteiger partial charge in [0.25, 0.3) is 0 Å².